The number of aryl methyl sites for hydroxylation is 1. The van der Waals surface area contributed by atoms with E-state index >= 15 is 0 Å². The first-order valence-electron chi connectivity index (χ1n) is 4.12. The molecule has 1 aromatic heterocycles. The minimum absolute atomic E-state index is 0.372. The van der Waals surface area contributed by atoms with E-state index in [-0.39, 0.29) is 0 Å². The summed E-state index contributed by atoms with van der Waals surface area (Å²) in [7, 11) is 0. The topological polar surface area (TPSA) is 90.4 Å². The van der Waals surface area contributed by atoms with E-state index in [1.54, 1.807) is 0 Å². The third-order valence-corrected chi connectivity index (χ3v) is 1.58. The van der Waals surface area contributed by atoms with Crippen LogP contribution in [0.1, 0.15) is 5.69 Å². The minimum atomic E-state index is -1.13. The van der Waals surface area contributed by atoms with E-state index in [4.69, 9.17) is 9.94 Å². The molecule has 0 fully saturated rings. The van der Waals surface area contributed by atoms with Crippen LogP contribution in [0.5, 0.6) is 0 Å². The average molecular weight is 218 g/mol. The summed E-state index contributed by atoms with van der Waals surface area (Å²) >= 11 is 0. The molecule has 1 N–H and O–H groups in total. The summed E-state index contributed by atoms with van der Waals surface area (Å²) < 4.78 is 12.9. The zero-order chi connectivity index (χ0) is 11.4. The highest BCUT2D eigenvalue weighted by Gasteiger charge is 2.22. The maximum atomic E-state index is 12.2. The van der Waals surface area contributed by atoms with Crippen LogP contribution in [-0.4, -0.2) is 39.1 Å². The van der Waals surface area contributed by atoms with Gasteiger partial charge in [0.25, 0.3) is 0 Å². The Morgan fingerprint density at radius 2 is 2.53 bits per heavy atom. The minimum Gasteiger partial charge on any atom is -0.392 e. The molecule has 8 heteroatoms. The van der Waals surface area contributed by atoms with Gasteiger partial charge in [0.05, 0.1) is 6.61 Å². The highest BCUT2D eigenvalue weighted by Crippen LogP contribution is 2.09. The lowest BCUT2D eigenvalue weighted by Gasteiger charge is -2.09. The number of halogens is 1. The summed E-state index contributed by atoms with van der Waals surface area (Å²) in [5, 5.41) is 19.1. The molecule has 0 radical (unpaired) electrons. The summed E-state index contributed by atoms with van der Waals surface area (Å²) in [6.45, 7) is 0.0338. The number of aliphatic hydroxyl groups excluding tert-OH is 1. The van der Waals surface area contributed by atoms with Crippen LogP contribution in [0.3, 0.4) is 0 Å². The second-order valence-electron chi connectivity index (χ2n) is 2.83. The first-order chi connectivity index (χ1) is 7.08. The Balaban J connectivity index is 2.88. The molecule has 7 nitrogen and oxygen atoms in total. The number of aromatic nitrogens is 2. The molecule has 1 heterocycles. The van der Waals surface area contributed by atoms with Gasteiger partial charge in [-0.3, -0.25) is 0 Å². The molecule has 1 atom stereocenters. The summed E-state index contributed by atoms with van der Waals surface area (Å²) in [5.74, 6) is -0.542. The van der Waals surface area contributed by atoms with Gasteiger partial charge in [-0.2, -0.15) is 0 Å². The summed E-state index contributed by atoms with van der Waals surface area (Å²) in [6.07, 6.45) is 0.119. The van der Waals surface area contributed by atoms with E-state index in [2.05, 4.69) is 4.98 Å². The Kier molecular flexibility index (Phi) is 3.56. The predicted octanol–water partition coefficient (Wildman–Crippen LogP) is -0.141. The fourth-order valence-corrected chi connectivity index (χ4v) is 0.933. The van der Waals surface area contributed by atoms with Gasteiger partial charge in [-0.05, 0) is 11.8 Å². The van der Waals surface area contributed by atoms with Crippen LogP contribution in [0.15, 0.2) is 6.20 Å². The fraction of sp³-hybridized carbons (Fsp3) is 0.571. The molecule has 0 aliphatic rings. The van der Waals surface area contributed by atoms with Crippen molar-refractivity contribution in [3.63, 3.8) is 0 Å². The van der Waals surface area contributed by atoms with Gasteiger partial charge in [0.1, 0.15) is 12.9 Å². The number of alkyl halides is 1. The normalized spacial score (nSPS) is 12.5. The summed E-state index contributed by atoms with van der Waals surface area (Å²) in [5.41, 5.74) is 0.372. The Morgan fingerprint density at radius 1 is 1.87 bits per heavy atom. The number of nitro groups is 1. The van der Waals surface area contributed by atoms with Gasteiger partial charge < -0.3 is 20.1 Å². The van der Waals surface area contributed by atoms with Crippen molar-refractivity contribution >= 4 is 5.95 Å². The lowest BCUT2D eigenvalue weighted by Crippen LogP contribution is -2.30. The molecule has 0 spiro atoms. The standard InChI is InChI=1S/C7H10FN3O4/c1-5-3-10(7(9-5)11(13)14)15-6(2-8)4-12/h3,6,12H,2,4H2,1H3/i8-1. The number of hydrogen-bond acceptors (Lipinski definition) is 5. The highest BCUT2D eigenvalue weighted by atomic mass is 18.2. The van der Waals surface area contributed by atoms with E-state index in [9.17, 15) is 14.5 Å². The Bertz CT molecular complexity index is 350. The number of nitrogens with zero attached hydrogens (tertiary/aromatic N) is 3. The maximum Gasteiger partial charge on any atom is 0.471 e. The molecule has 1 unspecified atom stereocenters. The van der Waals surface area contributed by atoms with Gasteiger partial charge in [0, 0.05) is 0 Å². The second kappa shape index (κ2) is 4.69. The van der Waals surface area contributed by atoms with Crippen molar-refractivity contribution in [2.45, 2.75) is 13.0 Å². The van der Waals surface area contributed by atoms with Crippen molar-refractivity contribution in [3.8, 4) is 0 Å². The average Bonchev–Trinajstić information content (AvgIpc) is 2.56. The zero-order valence-corrected chi connectivity index (χ0v) is 7.96. The fourth-order valence-electron chi connectivity index (χ4n) is 0.933. The quantitative estimate of drug-likeness (QED) is 0.548. The molecule has 0 amide bonds. The van der Waals surface area contributed by atoms with E-state index in [0.29, 0.717) is 5.69 Å². The van der Waals surface area contributed by atoms with Gasteiger partial charge in [0.15, 0.2) is 11.8 Å². The van der Waals surface area contributed by atoms with E-state index in [1.165, 1.54) is 13.1 Å². The van der Waals surface area contributed by atoms with Crippen molar-refractivity contribution in [3.05, 3.63) is 22.0 Å². The van der Waals surface area contributed by atoms with Gasteiger partial charge in [-0.1, -0.05) is 9.71 Å². The van der Waals surface area contributed by atoms with Gasteiger partial charge in [0.2, 0.25) is 0 Å². The monoisotopic (exact) mass is 218 g/mol. The first kappa shape index (κ1) is 11.4. The smallest absolute Gasteiger partial charge is 0.392 e. The van der Waals surface area contributed by atoms with Crippen LogP contribution < -0.4 is 4.84 Å². The highest BCUT2D eigenvalue weighted by molar-refractivity contribution is 5.11. The van der Waals surface area contributed by atoms with Crippen LogP contribution in [0.4, 0.5) is 10.3 Å². The Morgan fingerprint density at radius 3 is 3.00 bits per heavy atom. The van der Waals surface area contributed by atoms with Crippen molar-refractivity contribution in [2.24, 2.45) is 0 Å². The molecule has 0 bridgehead atoms. The van der Waals surface area contributed by atoms with Crippen LogP contribution in [-0.2, 0) is 0 Å². The molecule has 0 saturated carbocycles. The summed E-state index contributed by atoms with van der Waals surface area (Å²) in [4.78, 5) is 18.1. The second-order valence-corrected chi connectivity index (χ2v) is 2.83. The molecule has 1 aromatic rings. The molecule has 0 aliphatic heterocycles. The first-order valence-corrected chi connectivity index (χ1v) is 4.12. The van der Waals surface area contributed by atoms with Crippen molar-refractivity contribution in [1.29, 1.82) is 0 Å². The number of imidazole rings is 1. The van der Waals surface area contributed by atoms with Crippen molar-refractivity contribution < 1.29 is 19.3 Å². The molecular formula is C7H10FN3O4. The Hall–Kier alpha value is -1.70. The van der Waals surface area contributed by atoms with Crippen LogP contribution >= 0.6 is 0 Å². The SMILES string of the molecule is Cc1cn(OC(CO)C[18F])c([N+](=O)[O-])n1. The largest absolute Gasteiger partial charge is 0.471 e. The van der Waals surface area contributed by atoms with Crippen LogP contribution in [0, 0.1) is 17.0 Å². The van der Waals surface area contributed by atoms with Gasteiger partial charge in [-0.15, -0.1) is 0 Å². The lowest BCUT2D eigenvalue weighted by molar-refractivity contribution is -0.402. The lowest BCUT2D eigenvalue weighted by atomic mass is 10.4. The maximum absolute atomic E-state index is 12.2. The van der Waals surface area contributed by atoms with E-state index in [1.807, 2.05) is 0 Å². The third kappa shape index (κ3) is 2.62. The predicted molar refractivity (Wildman–Crippen MR) is 47.0 cm³/mol. The zero-order valence-electron chi connectivity index (χ0n) is 7.96. The number of rotatable bonds is 5. The molecule has 1 rings (SSSR count). The Labute approximate surface area is 84.2 Å². The molecule has 0 aliphatic carbocycles. The third-order valence-electron chi connectivity index (χ3n) is 1.58. The van der Waals surface area contributed by atoms with Crippen molar-refractivity contribution in [1.82, 2.24) is 9.71 Å². The van der Waals surface area contributed by atoms with Crippen molar-refractivity contribution in [2.75, 3.05) is 13.3 Å². The number of aliphatic hydroxyl groups is 1. The van der Waals surface area contributed by atoms with Crippen LogP contribution in [0.2, 0.25) is 0 Å². The number of hydrogen-bond donors (Lipinski definition) is 1. The molecule has 0 aromatic carbocycles. The summed E-state index contributed by atoms with van der Waals surface area (Å²) in [6, 6.07) is 0. The van der Waals surface area contributed by atoms with E-state index in [0.717, 1.165) is 4.73 Å². The molecule has 0 saturated heterocycles. The van der Waals surface area contributed by atoms with E-state index < -0.39 is 30.3 Å². The molecular weight excluding hydrogens is 208 g/mol. The van der Waals surface area contributed by atoms with Crippen LogP contribution in [0.25, 0.3) is 0 Å². The van der Waals surface area contributed by atoms with Gasteiger partial charge >= 0.3 is 5.95 Å². The molecule has 15 heavy (non-hydrogen) atoms. The molecule has 84 valence electrons. The van der Waals surface area contributed by atoms with Gasteiger partial charge in [-0.25, -0.2) is 4.39 Å².